The van der Waals surface area contributed by atoms with E-state index in [1.165, 1.54) is 11.8 Å². The standard InChI is InChI=1S/C22H19N3O2S2/c1-15-5-3-6-17(13-15)25-21(20-7-4-12-28-20)23-24-22(25)29-14-19(26)16-8-10-18(27-2)11-9-16/h3-13H,14H2,1-2H3. The summed E-state index contributed by atoms with van der Waals surface area (Å²) in [5, 5.41) is 11.5. The van der Waals surface area contributed by atoms with E-state index in [0.29, 0.717) is 10.7 Å². The molecule has 2 aromatic carbocycles. The van der Waals surface area contributed by atoms with Crippen LogP contribution >= 0.6 is 23.1 Å². The van der Waals surface area contributed by atoms with Crippen LogP contribution in [0.15, 0.2) is 71.2 Å². The van der Waals surface area contributed by atoms with E-state index in [-0.39, 0.29) is 11.5 Å². The minimum absolute atomic E-state index is 0.0362. The van der Waals surface area contributed by atoms with Gasteiger partial charge in [-0.2, -0.15) is 0 Å². The Hall–Kier alpha value is -2.90. The van der Waals surface area contributed by atoms with Crippen molar-refractivity contribution in [2.45, 2.75) is 12.1 Å². The molecule has 0 saturated carbocycles. The highest BCUT2D eigenvalue weighted by Gasteiger charge is 2.18. The third kappa shape index (κ3) is 4.26. The van der Waals surface area contributed by atoms with Crippen LogP contribution < -0.4 is 4.74 Å². The third-order valence-corrected chi connectivity index (χ3v) is 6.17. The molecule has 29 heavy (non-hydrogen) atoms. The molecule has 0 unspecified atom stereocenters. The Balaban J connectivity index is 1.62. The summed E-state index contributed by atoms with van der Waals surface area (Å²) in [6, 6.07) is 19.4. The van der Waals surface area contributed by atoms with E-state index in [1.54, 1.807) is 42.7 Å². The maximum absolute atomic E-state index is 12.6. The monoisotopic (exact) mass is 421 g/mol. The lowest BCUT2D eigenvalue weighted by Crippen LogP contribution is -2.05. The van der Waals surface area contributed by atoms with Gasteiger partial charge in [0.25, 0.3) is 0 Å². The first kappa shape index (κ1) is 19.4. The number of carbonyl (C=O) groups is 1. The average Bonchev–Trinajstić information content (AvgIpc) is 3.41. The summed E-state index contributed by atoms with van der Waals surface area (Å²) in [5.41, 5.74) is 2.79. The van der Waals surface area contributed by atoms with Gasteiger partial charge in [0.05, 0.1) is 23.4 Å². The second-order valence-corrected chi connectivity index (χ2v) is 8.29. The van der Waals surface area contributed by atoms with Crippen LogP contribution in [0.25, 0.3) is 16.4 Å². The molecule has 0 aliphatic carbocycles. The van der Waals surface area contributed by atoms with Crippen LogP contribution in [-0.2, 0) is 0 Å². The molecule has 4 aromatic rings. The molecule has 0 atom stereocenters. The summed E-state index contributed by atoms with van der Waals surface area (Å²) in [5.74, 6) is 1.83. The van der Waals surface area contributed by atoms with Crippen LogP contribution in [0.2, 0.25) is 0 Å². The van der Waals surface area contributed by atoms with E-state index >= 15 is 0 Å². The highest BCUT2D eigenvalue weighted by molar-refractivity contribution is 7.99. The van der Waals surface area contributed by atoms with Gasteiger partial charge in [0.15, 0.2) is 16.8 Å². The highest BCUT2D eigenvalue weighted by Crippen LogP contribution is 2.31. The lowest BCUT2D eigenvalue weighted by molar-refractivity contribution is 0.102. The molecule has 0 N–H and O–H groups in total. The van der Waals surface area contributed by atoms with Gasteiger partial charge in [-0.15, -0.1) is 21.5 Å². The zero-order chi connectivity index (χ0) is 20.2. The van der Waals surface area contributed by atoms with Crippen molar-refractivity contribution in [3.8, 4) is 22.1 Å². The quantitative estimate of drug-likeness (QED) is 0.300. The van der Waals surface area contributed by atoms with Gasteiger partial charge in [0.2, 0.25) is 0 Å². The Morgan fingerprint density at radius 2 is 1.93 bits per heavy atom. The van der Waals surface area contributed by atoms with E-state index in [2.05, 4.69) is 29.3 Å². The summed E-state index contributed by atoms with van der Waals surface area (Å²) in [6.45, 7) is 2.05. The molecular formula is C22H19N3O2S2. The van der Waals surface area contributed by atoms with E-state index < -0.39 is 0 Å². The number of hydrogen-bond donors (Lipinski definition) is 0. The fourth-order valence-electron chi connectivity index (χ4n) is 2.92. The number of carbonyl (C=O) groups excluding carboxylic acids is 1. The predicted octanol–water partition coefficient (Wildman–Crippen LogP) is 5.29. The van der Waals surface area contributed by atoms with Crippen molar-refractivity contribution < 1.29 is 9.53 Å². The number of thioether (sulfide) groups is 1. The van der Waals surface area contributed by atoms with Crippen molar-refractivity contribution in [2.24, 2.45) is 0 Å². The molecule has 0 aliphatic rings. The SMILES string of the molecule is COc1ccc(C(=O)CSc2nnc(-c3cccs3)n2-c2cccc(C)c2)cc1. The number of ether oxygens (including phenoxy) is 1. The Bertz CT molecular complexity index is 1120. The van der Waals surface area contributed by atoms with Crippen LogP contribution in [-0.4, -0.2) is 33.4 Å². The first-order valence-corrected chi connectivity index (χ1v) is 10.9. The van der Waals surface area contributed by atoms with Crippen LogP contribution in [0.1, 0.15) is 15.9 Å². The topological polar surface area (TPSA) is 57.0 Å². The Morgan fingerprint density at radius 1 is 1.10 bits per heavy atom. The Kier molecular flexibility index (Phi) is 5.78. The van der Waals surface area contributed by atoms with Crippen molar-refractivity contribution in [2.75, 3.05) is 12.9 Å². The normalized spacial score (nSPS) is 10.8. The highest BCUT2D eigenvalue weighted by atomic mass is 32.2. The molecule has 146 valence electrons. The van der Waals surface area contributed by atoms with E-state index in [4.69, 9.17) is 4.74 Å². The number of Topliss-reactive ketones (excluding diaryl/α,β-unsaturated/α-hetero) is 1. The minimum atomic E-state index is 0.0362. The molecule has 2 aromatic heterocycles. The number of aromatic nitrogens is 3. The summed E-state index contributed by atoms with van der Waals surface area (Å²) < 4.78 is 7.17. The van der Waals surface area contributed by atoms with Crippen molar-refractivity contribution in [3.63, 3.8) is 0 Å². The van der Waals surface area contributed by atoms with Crippen molar-refractivity contribution >= 4 is 28.9 Å². The van der Waals surface area contributed by atoms with E-state index in [1.807, 2.05) is 34.2 Å². The average molecular weight is 422 g/mol. The number of nitrogens with zero attached hydrogens (tertiary/aromatic N) is 3. The third-order valence-electron chi connectivity index (χ3n) is 4.38. The van der Waals surface area contributed by atoms with Gasteiger partial charge in [0, 0.05) is 5.56 Å². The van der Waals surface area contributed by atoms with Gasteiger partial charge in [-0.05, 0) is 60.3 Å². The van der Waals surface area contributed by atoms with Crippen LogP contribution in [0, 0.1) is 6.92 Å². The summed E-state index contributed by atoms with van der Waals surface area (Å²) >= 11 is 3.01. The van der Waals surface area contributed by atoms with Crippen LogP contribution in [0.4, 0.5) is 0 Å². The van der Waals surface area contributed by atoms with Crippen molar-refractivity contribution in [1.29, 1.82) is 0 Å². The summed E-state index contributed by atoms with van der Waals surface area (Å²) in [4.78, 5) is 13.7. The van der Waals surface area contributed by atoms with Gasteiger partial charge in [-0.25, -0.2) is 0 Å². The fourth-order valence-corrected chi connectivity index (χ4v) is 4.46. The second kappa shape index (κ2) is 8.63. The lowest BCUT2D eigenvalue weighted by atomic mass is 10.1. The molecule has 0 aliphatic heterocycles. The van der Waals surface area contributed by atoms with Gasteiger partial charge >= 0.3 is 0 Å². The second-order valence-electron chi connectivity index (χ2n) is 6.40. The number of aryl methyl sites for hydroxylation is 1. The zero-order valence-corrected chi connectivity index (χ0v) is 17.7. The molecule has 4 rings (SSSR count). The maximum Gasteiger partial charge on any atom is 0.196 e. The molecule has 0 bridgehead atoms. The molecule has 0 radical (unpaired) electrons. The molecule has 0 amide bonds. The van der Waals surface area contributed by atoms with Gasteiger partial charge in [-0.1, -0.05) is 30.0 Å². The molecule has 7 heteroatoms. The Labute approximate surface area is 177 Å². The smallest absolute Gasteiger partial charge is 0.196 e. The van der Waals surface area contributed by atoms with Gasteiger partial charge in [0.1, 0.15) is 5.75 Å². The molecule has 0 spiro atoms. The molecular weight excluding hydrogens is 402 g/mol. The first-order valence-electron chi connectivity index (χ1n) is 9.02. The van der Waals surface area contributed by atoms with Crippen molar-refractivity contribution in [3.05, 3.63) is 77.2 Å². The number of benzene rings is 2. The predicted molar refractivity (Wildman–Crippen MR) is 117 cm³/mol. The number of methoxy groups -OCH3 is 1. The summed E-state index contributed by atoms with van der Waals surface area (Å²) in [6.07, 6.45) is 0. The number of rotatable bonds is 7. The zero-order valence-electron chi connectivity index (χ0n) is 16.0. The molecule has 0 saturated heterocycles. The van der Waals surface area contributed by atoms with E-state index in [9.17, 15) is 4.79 Å². The van der Waals surface area contributed by atoms with Gasteiger partial charge < -0.3 is 4.74 Å². The molecule has 2 heterocycles. The minimum Gasteiger partial charge on any atom is -0.497 e. The lowest BCUT2D eigenvalue weighted by Gasteiger charge is -2.10. The summed E-state index contributed by atoms with van der Waals surface area (Å²) in [7, 11) is 1.61. The number of hydrogen-bond acceptors (Lipinski definition) is 6. The van der Waals surface area contributed by atoms with Crippen molar-refractivity contribution in [1.82, 2.24) is 14.8 Å². The maximum atomic E-state index is 12.6. The van der Waals surface area contributed by atoms with Crippen LogP contribution in [0.3, 0.4) is 0 Å². The fraction of sp³-hybridized carbons (Fsp3) is 0.136. The number of thiophene rings is 1. The molecule has 0 fully saturated rings. The van der Waals surface area contributed by atoms with Crippen LogP contribution in [0.5, 0.6) is 5.75 Å². The molecule has 5 nitrogen and oxygen atoms in total. The first-order chi connectivity index (χ1) is 14.2. The Morgan fingerprint density at radius 3 is 2.62 bits per heavy atom. The van der Waals surface area contributed by atoms with E-state index in [0.717, 1.165) is 27.7 Å². The van der Waals surface area contributed by atoms with Gasteiger partial charge in [-0.3, -0.25) is 9.36 Å². The number of ketones is 1. The largest absolute Gasteiger partial charge is 0.497 e.